The van der Waals surface area contributed by atoms with Crippen molar-refractivity contribution in [3.8, 4) is 0 Å². The Hall–Kier alpha value is -1.78. The molecule has 2 aromatic carbocycles. The molecule has 2 atom stereocenters. The summed E-state index contributed by atoms with van der Waals surface area (Å²) in [6.45, 7) is 1.86. The van der Waals surface area contributed by atoms with E-state index < -0.39 is 17.7 Å². The Labute approximate surface area is 128 Å². The number of aliphatic hydroxyl groups is 1. The molecule has 2 unspecified atom stereocenters. The Balaban J connectivity index is 1.65. The van der Waals surface area contributed by atoms with E-state index in [9.17, 15) is 13.9 Å². The maximum Gasteiger partial charge on any atom is 0.159 e. The summed E-state index contributed by atoms with van der Waals surface area (Å²) in [6, 6.07) is 11.8. The molecule has 0 spiro atoms. The first-order chi connectivity index (χ1) is 10.5. The first-order valence-corrected chi connectivity index (χ1v) is 7.50. The highest BCUT2D eigenvalue weighted by molar-refractivity contribution is 5.33. The molecule has 1 aliphatic carbocycles. The third-order valence-electron chi connectivity index (χ3n) is 4.31. The van der Waals surface area contributed by atoms with E-state index >= 15 is 0 Å². The second-order valence-electron chi connectivity index (χ2n) is 5.95. The predicted molar refractivity (Wildman–Crippen MR) is 81.6 cm³/mol. The van der Waals surface area contributed by atoms with E-state index in [4.69, 9.17) is 0 Å². The molecule has 116 valence electrons. The van der Waals surface area contributed by atoms with E-state index in [1.165, 1.54) is 17.2 Å². The number of nitrogens with one attached hydrogen (secondary N) is 1. The average molecular weight is 303 g/mol. The van der Waals surface area contributed by atoms with Crippen LogP contribution in [0.2, 0.25) is 0 Å². The van der Waals surface area contributed by atoms with Gasteiger partial charge < -0.3 is 10.4 Å². The number of fused-ring (bicyclic) bond motifs is 1. The summed E-state index contributed by atoms with van der Waals surface area (Å²) in [5.74, 6) is -1.83. The third kappa shape index (κ3) is 3.03. The van der Waals surface area contributed by atoms with Crippen molar-refractivity contribution in [1.82, 2.24) is 5.32 Å². The molecular weight excluding hydrogens is 284 g/mol. The van der Waals surface area contributed by atoms with E-state index in [2.05, 4.69) is 17.4 Å². The van der Waals surface area contributed by atoms with Gasteiger partial charge in [0.05, 0.1) is 6.10 Å². The summed E-state index contributed by atoms with van der Waals surface area (Å²) in [6.07, 6.45) is 0.967. The second kappa shape index (κ2) is 6.15. The van der Waals surface area contributed by atoms with Crippen LogP contribution in [0.4, 0.5) is 8.78 Å². The van der Waals surface area contributed by atoms with Crippen molar-refractivity contribution in [2.24, 2.45) is 0 Å². The quantitative estimate of drug-likeness (QED) is 0.909. The molecule has 1 aliphatic rings. The molecule has 3 rings (SSSR count). The molecule has 0 aromatic heterocycles. The summed E-state index contributed by atoms with van der Waals surface area (Å²) in [4.78, 5) is 0. The minimum absolute atomic E-state index is 0.246. The summed E-state index contributed by atoms with van der Waals surface area (Å²) < 4.78 is 26.3. The highest BCUT2D eigenvalue weighted by Crippen LogP contribution is 2.24. The zero-order valence-electron chi connectivity index (χ0n) is 12.4. The lowest BCUT2D eigenvalue weighted by Crippen LogP contribution is -2.40. The summed E-state index contributed by atoms with van der Waals surface area (Å²) in [5, 5.41) is 13.7. The van der Waals surface area contributed by atoms with Crippen molar-refractivity contribution >= 4 is 0 Å². The fourth-order valence-corrected chi connectivity index (χ4v) is 3.12. The number of hydrogen-bond acceptors (Lipinski definition) is 2. The largest absolute Gasteiger partial charge is 0.387 e. The van der Waals surface area contributed by atoms with Crippen molar-refractivity contribution in [3.05, 3.63) is 70.8 Å². The number of rotatable bonds is 4. The second-order valence-corrected chi connectivity index (χ2v) is 5.95. The van der Waals surface area contributed by atoms with Crippen LogP contribution in [-0.2, 0) is 12.8 Å². The maximum absolute atomic E-state index is 13.3. The van der Waals surface area contributed by atoms with Gasteiger partial charge in [-0.3, -0.25) is 0 Å². The standard InChI is InChI=1S/C18H19F2NO/c1-11(18(22)14-6-7-16(19)17(20)10-14)21-15-8-12-4-2-3-5-13(12)9-15/h2-7,10-11,15,18,21-22H,8-9H2,1H3. The molecule has 0 heterocycles. The van der Waals surface area contributed by atoms with Gasteiger partial charge in [-0.05, 0) is 48.6 Å². The highest BCUT2D eigenvalue weighted by atomic mass is 19.2. The van der Waals surface area contributed by atoms with Crippen LogP contribution in [0.15, 0.2) is 42.5 Å². The van der Waals surface area contributed by atoms with Crippen LogP contribution in [-0.4, -0.2) is 17.2 Å². The van der Waals surface area contributed by atoms with Crippen LogP contribution in [0, 0.1) is 11.6 Å². The fraction of sp³-hybridized carbons (Fsp3) is 0.333. The van der Waals surface area contributed by atoms with Gasteiger partial charge in [-0.2, -0.15) is 0 Å². The van der Waals surface area contributed by atoms with E-state index in [0.717, 1.165) is 25.0 Å². The number of aliphatic hydroxyl groups excluding tert-OH is 1. The van der Waals surface area contributed by atoms with Crippen LogP contribution >= 0.6 is 0 Å². The predicted octanol–water partition coefficient (Wildman–Crippen LogP) is 3.14. The Kier molecular flexibility index (Phi) is 4.23. The van der Waals surface area contributed by atoms with Gasteiger partial charge in [0, 0.05) is 12.1 Å². The zero-order valence-corrected chi connectivity index (χ0v) is 12.4. The third-order valence-corrected chi connectivity index (χ3v) is 4.31. The maximum atomic E-state index is 13.3. The van der Waals surface area contributed by atoms with Gasteiger partial charge in [-0.25, -0.2) is 8.78 Å². The van der Waals surface area contributed by atoms with Crippen LogP contribution in [0.1, 0.15) is 29.7 Å². The molecule has 0 fully saturated rings. The Morgan fingerprint density at radius 1 is 1.05 bits per heavy atom. The molecule has 4 heteroatoms. The molecule has 2 aromatic rings. The lowest BCUT2D eigenvalue weighted by atomic mass is 10.0. The first kappa shape index (κ1) is 15.1. The number of hydrogen-bond donors (Lipinski definition) is 2. The van der Waals surface area contributed by atoms with E-state index in [1.807, 2.05) is 19.1 Å². The van der Waals surface area contributed by atoms with Crippen LogP contribution < -0.4 is 5.32 Å². The highest BCUT2D eigenvalue weighted by Gasteiger charge is 2.25. The van der Waals surface area contributed by atoms with E-state index in [0.29, 0.717) is 5.56 Å². The molecule has 0 saturated carbocycles. The van der Waals surface area contributed by atoms with E-state index in [1.54, 1.807) is 0 Å². The van der Waals surface area contributed by atoms with Gasteiger partial charge in [-0.1, -0.05) is 30.3 Å². The molecule has 2 N–H and O–H groups in total. The van der Waals surface area contributed by atoms with Crippen molar-refractivity contribution in [2.75, 3.05) is 0 Å². The molecule has 2 nitrogen and oxygen atoms in total. The minimum atomic E-state index is -0.933. The van der Waals surface area contributed by atoms with E-state index in [-0.39, 0.29) is 12.1 Å². The van der Waals surface area contributed by atoms with Crippen molar-refractivity contribution in [3.63, 3.8) is 0 Å². The molecule has 0 bridgehead atoms. The van der Waals surface area contributed by atoms with Crippen LogP contribution in [0.3, 0.4) is 0 Å². The number of benzene rings is 2. The topological polar surface area (TPSA) is 32.3 Å². The molecule has 0 amide bonds. The van der Waals surface area contributed by atoms with Gasteiger partial charge in [-0.15, -0.1) is 0 Å². The average Bonchev–Trinajstić information content (AvgIpc) is 2.91. The van der Waals surface area contributed by atoms with Crippen LogP contribution in [0.5, 0.6) is 0 Å². The SMILES string of the molecule is CC(NC1Cc2ccccc2C1)C(O)c1ccc(F)c(F)c1. The number of halogens is 2. The minimum Gasteiger partial charge on any atom is -0.387 e. The summed E-state index contributed by atoms with van der Waals surface area (Å²) in [5.41, 5.74) is 3.04. The molecule has 0 radical (unpaired) electrons. The van der Waals surface area contributed by atoms with Gasteiger partial charge in [0.15, 0.2) is 11.6 Å². The molecular formula is C18H19F2NO. The monoisotopic (exact) mass is 303 g/mol. The smallest absolute Gasteiger partial charge is 0.159 e. The zero-order chi connectivity index (χ0) is 15.7. The molecule has 0 saturated heterocycles. The lowest BCUT2D eigenvalue weighted by Gasteiger charge is -2.24. The van der Waals surface area contributed by atoms with Crippen LogP contribution in [0.25, 0.3) is 0 Å². The van der Waals surface area contributed by atoms with Gasteiger partial charge in [0.25, 0.3) is 0 Å². The molecule has 0 aliphatic heterocycles. The van der Waals surface area contributed by atoms with Gasteiger partial charge in [0.2, 0.25) is 0 Å². The normalized spacial score (nSPS) is 17.3. The summed E-state index contributed by atoms with van der Waals surface area (Å²) in [7, 11) is 0. The van der Waals surface area contributed by atoms with Gasteiger partial charge in [0.1, 0.15) is 0 Å². The Morgan fingerprint density at radius 2 is 1.68 bits per heavy atom. The Bertz CT molecular complexity index is 649. The van der Waals surface area contributed by atoms with Gasteiger partial charge >= 0.3 is 0 Å². The lowest BCUT2D eigenvalue weighted by molar-refractivity contribution is 0.129. The summed E-state index contributed by atoms with van der Waals surface area (Å²) >= 11 is 0. The fourth-order valence-electron chi connectivity index (χ4n) is 3.12. The van der Waals surface area contributed by atoms with Crippen molar-refractivity contribution in [1.29, 1.82) is 0 Å². The van der Waals surface area contributed by atoms with Crippen molar-refractivity contribution in [2.45, 2.75) is 38.0 Å². The Morgan fingerprint density at radius 3 is 2.27 bits per heavy atom. The van der Waals surface area contributed by atoms with Crippen molar-refractivity contribution < 1.29 is 13.9 Å². The molecule has 22 heavy (non-hydrogen) atoms. The first-order valence-electron chi connectivity index (χ1n) is 7.50.